The van der Waals surface area contributed by atoms with E-state index >= 15 is 0 Å². The Morgan fingerprint density at radius 1 is 1.04 bits per heavy atom. The van der Waals surface area contributed by atoms with E-state index in [9.17, 15) is 0 Å². The van der Waals surface area contributed by atoms with Crippen LogP contribution in [-0.4, -0.2) is 43.4 Å². The Hall–Kier alpha value is -2.90. The van der Waals surface area contributed by atoms with E-state index in [1.165, 1.54) is 0 Å². The standard InChI is InChI=1S/C19H23N7O/c1-3-14-15(4-2)23-24-19(21-14)26-11-8-13(9-12-26)18-22-17(25-27-18)16-7-5-6-10-20-16/h5-7,10,13H,3-4,8-9,11-12H2,1-2H3. The highest BCUT2D eigenvalue weighted by Crippen LogP contribution is 2.29. The van der Waals surface area contributed by atoms with Gasteiger partial charge in [0.2, 0.25) is 17.7 Å². The zero-order chi connectivity index (χ0) is 18.6. The van der Waals surface area contributed by atoms with Crippen molar-refractivity contribution in [3.63, 3.8) is 0 Å². The molecule has 1 aliphatic heterocycles. The number of hydrogen-bond acceptors (Lipinski definition) is 8. The third-order valence-corrected chi connectivity index (χ3v) is 4.96. The second kappa shape index (κ2) is 7.77. The lowest BCUT2D eigenvalue weighted by molar-refractivity contribution is 0.328. The Morgan fingerprint density at radius 3 is 2.56 bits per heavy atom. The minimum atomic E-state index is 0.250. The molecule has 140 valence electrons. The second-order valence-electron chi connectivity index (χ2n) is 6.64. The van der Waals surface area contributed by atoms with Gasteiger partial charge in [-0.3, -0.25) is 4.98 Å². The summed E-state index contributed by atoms with van der Waals surface area (Å²) in [6, 6.07) is 5.67. The first-order valence-electron chi connectivity index (χ1n) is 9.50. The predicted octanol–water partition coefficient (Wildman–Crippen LogP) is 2.83. The number of nitrogens with zero attached hydrogens (tertiary/aromatic N) is 7. The summed E-state index contributed by atoms with van der Waals surface area (Å²) in [5.74, 6) is 2.20. The van der Waals surface area contributed by atoms with Crippen LogP contribution in [0.1, 0.15) is 49.9 Å². The van der Waals surface area contributed by atoms with Gasteiger partial charge < -0.3 is 9.42 Å². The largest absolute Gasteiger partial charge is 0.339 e. The second-order valence-corrected chi connectivity index (χ2v) is 6.64. The first-order valence-corrected chi connectivity index (χ1v) is 9.50. The van der Waals surface area contributed by atoms with Crippen molar-refractivity contribution in [1.29, 1.82) is 0 Å². The van der Waals surface area contributed by atoms with Crippen molar-refractivity contribution in [2.45, 2.75) is 45.4 Å². The minimum Gasteiger partial charge on any atom is -0.339 e. The fourth-order valence-electron chi connectivity index (χ4n) is 3.39. The van der Waals surface area contributed by atoms with E-state index in [1.807, 2.05) is 18.2 Å². The molecule has 0 bridgehead atoms. The van der Waals surface area contributed by atoms with Gasteiger partial charge in [-0.2, -0.15) is 10.1 Å². The van der Waals surface area contributed by atoms with Crippen LogP contribution in [0.25, 0.3) is 11.5 Å². The predicted molar refractivity (Wildman–Crippen MR) is 100 cm³/mol. The van der Waals surface area contributed by atoms with Crippen LogP contribution >= 0.6 is 0 Å². The Kier molecular flexibility index (Phi) is 5.04. The molecule has 1 fully saturated rings. The monoisotopic (exact) mass is 365 g/mol. The fraction of sp³-hybridized carbons (Fsp3) is 0.474. The smallest absolute Gasteiger partial charge is 0.245 e. The molecule has 3 aromatic heterocycles. The van der Waals surface area contributed by atoms with Crippen LogP contribution in [0.5, 0.6) is 0 Å². The molecule has 3 aromatic rings. The summed E-state index contributed by atoms with van der Waals surface area (Å²) in [6.07, 6.45) is 5.31. The van der Waals surface area contributed by atoms with Gasteiger partial charge in [0.05, 0.1) is 11.4 Å². The maximum absolute atomic E-state index is 5.50. The van der Waals surface area contributed by atoms with Crippen molar-refractivity contribution < 1.29 is 4.52 Å². The van der Waals surface area contributed by atoms with Gasteiger partial charge >= 0.3 is 0 Å². The zero-order valence-electron chi connectivity index (χ0n) is 15.7. The molecule has 0 aromatic carbocycles. The molecule has 1 saturated heterocycles. The number of pyridine rings is 1. The lowest BCUT2D eigenvalue weighted by Gasteiger charge is -2.30. The number of aryl methyl sites for hydroxylation is 2. The lowest BCUT2D eigenvalue weighted by atomic mass is 9.97. The molecule has 0 unspecified atom stereocenters. The molecule has 0 N–H and O–H groups in total. The molecule has 8 nitrogen and oxygen atoms in total. The van der Waals surface area contributed by atoms with Gasteiger partial charge in [0.1, 0.15) is 5.69 Å². The molecular weight excluding hydrogens is 342 g/mol. The molecule has 1 aliphatic rings. The molecule has 0 atom stereocenters. The Bertz CT molecular complexity index is 888. The van der Waals surface area contributed by atoms with Crippen LogP contribution in [0.15, 0.2) is 28.9 Å². The summed E-state index contributed by atoms with van der Waals surface area (Å²) in [6.45, 7) is 5.89. The maximum Gasteiger partial charge on any atom is 0.245 e. The maximum atomic E-state index is 5.50. The van der Waals surface area contributed by atoms with Crippen LogP contribution in [0, 0.1) is 0 Å². The first kappa shape index (κ1) is 17.5. The van der Waals surface area contributed by atoms with Gasteiger partial charge in [-0.25, -0.2) is 4.98 Å². The average Bonchev–Trinajstić information content (AvgIpc) is 3.24. The van der Waals surface area contributed by atoms with E-state index in [4.69, 9.17) is 9.51 Å². The quantitative estimate of drug-likeness (QED) is 0.681. The molecule has 4 rings (SSSR count). The molecule has 27 heavy (non-hydrogen) atoms. The van der Waals surface area contributed by atoms with Crippen LogP contribution < -0.4 is 4.90 Å². The third-order valence-electron chi connectivity index (χ3n) is 4.96. The number of piperidine rings is 1. The SMILES string of the molecule is CCc1nnc(N2CCC(c3nc(-c4ccccn4)no3)CC2)nc1CC. The van der Waals surface area contributed by atoms with Crippen molar-refractivity contribution in [3.8, 4) is 11.5 Å². The number of anilines is 1. The van der Waals surface area contributed by atoms with E-state index in [-0.39, 0.29) is 5.92 Å². The van der Waals surface area contributed by atoms with Crippen molar-refractivity contribution >= 4 is 5.95 Å². The van der Waals surface area contributed by atoms with Crippen LogP contribution in [-0.2, 0) is 12.8 Å². The fourth-order valence-corrected chi connectivity index (χ4v) is 3.39. The normalized spacial score (nSPS) is 15.3. The molecule has 0 amide bonds. The Labute approximate surface area is 158 Å². The molecule has 0 aliphatic carbocycles. The highest BCUT2D eigenvalue weighted by Gasteiger charge is 2.27. The summed E-state index contributed by atoms with van der Waals surface area (Å²) in [5.41, 5.74) is 2.76. The van der Waals surface area contributed by atoms with E-state index in [0.29, 0.717) is 11.7 Å². The van der Waals surface area contributed by atoms with Gasteiger partial charge in [0, 0.05) is 25.2 Å². The van der Waals surface area contributed by atoms with Crippen LogP contribution in [0.4, 0.5) is 5.95 Å². The van der Waals surface area contributed by atoms with Crippen LogP contribution in [0.2, 0.25) is 0 Å². The molecule has 0 radical (unpaired) electrons. The number of aromatic nitrogens is 6. The van der Waals surface area contributed by atoms with Crippen molar-refractivity contribution in [2.24, 2.45) is 0 Å². The molecule has 0 spiro atoms. The summed E-state index contributed by atoms with van der Waals surface area (Å²) in [4.78, 5) is 15.7. The summed E-state index contributed by atoms with van der Waals surface area (Å²) in [5, 5.41) is 12.8. The third kappa shape index (κ3) is 3.65. The number of rotatable bonds is 5. The first-order chi connectivity index (χ1) is 13.3. The number of hydrogen-bond donors (Lipinski definition) is 0. The topological polar surface area (TPSA) is 93.7 Å². The van der Waals surface area contributed by atoms with Crippen molar-refractivity contribution in [2.75, 3.05) is 18.0 Å². The molecule has 0 saturated carbocycles. The van der Waals surface area contributed by atoms with Gasteiger partial charge in [-0.05, 0) is 37.8 Å². The lowest BCUT2D eigenvalue weighted by Crippen LogP contribution is -2.34. The van der Waals surface area contributed by atoms with E-state index in [0.717, 1.165) is 61.8 Å². The van der Waals surface area contributed by atoms with Gasteiger partial charge in [0.15, 0.2) is 0 Å². The minimum absolute atomic E-state index is 0.250. The van der Waals surface area contributed by atoms with Crippen LogP contribution in [0.3, 0.4) is 0 Å². The highest BCUT2D eigenvalue weighted by molar-refractivity contribution is 5.47. The summed E-state index contributed by atoms with van der Waals surface area (Å²) in [7, 11) is 0. The van der Waals surface area contributed by atoms with Crippen molar-refractivity contribution in [1.82, 2.24) is 30.3 Å². The molecule has 8 heteroatoms. The molecule has 4 heterocycles. The van der Waals surface area contributed by atoms with E-state index in [1.54, 1.807) is 6.20 Å². The summed E-state index contributed by atoms with van der Waals surface area (Å²) < 4.78 is 5.50. The summed E-state index contributed by atoms with van der Waals surface area (Å²) >= 11 is 0. The average molecular weight is 365 g/mol. The van der Waals surface area contributed by atoms with Gasteiger partial charge in [-0.1, -0.05) is 25.1 Å². The van der Waals surface area contributed by atoms with Gasteiger partial charge in [-0.15, -0.1) is 5.10 Å². The van der Waals surface area contributed by atoms with E-state index in [2.05, 4.69) is 44.1 Å². The zero-order valence-corrected chi connectivity index (χ0v) is 15.7. The Morgan fingerprint density at radius 2 is 1.85 bits per heavy atom. The highest BCUT2D eigenvalue weighted by atomic mass is 16.5. The van der Waals surface area contributed by atoms with Crippen molar-refractivity contribution in [3.05, 3.63) is 41.7 Å². The van der Waals surface area contributed by atoms with E-state index < -0.39 is 0 Å². The Balaban J connectivity index is 1.43. The molecular formula is C19H23N7O. The van der Waals surface area contributed by atoms with Gasteiger partial charge in [0.25, 0.3) is 0 Å².